The van der Waals surface area contributed by atoms with Gasteiger partial charge in [0, 0.05) is 11.9 Å². The highest BCUT2D eigenvalue weighted by Crippen LogP contribution is 2.34. The highest BCUT2D eigenvalue weighted by atomic mass is 32.2. The van der Waals surface area contributed by atoms with E-state index in [0.717, 1.165) is 51.8 Å². The van der Waals surface area contributed by atoms with Gasteiger partial charge >= 0.3 is 0 Å². The number of fused-ring (bicyclic) bond motifs is 1. The van der Waals surface area contributed by atoms with E-state index in [4.69, 9.17) is 13.9 Å². The second-order valence-corrected chi connectivity index (χ2v) is 9.88. The number of methoxy groups -OCH3 is 1. The van der Waals surface area contributed by atoms with Crippen LogP contribution in [0.25, 0.3) is 22.3 Å². The lowest BCUT2D eigenvalue weighted by molar-refractivity contribution is 0.256. The Hall–Kier alpha value is -2.45. The Morgan fingerprint density at radius 2 is 1.84 bits per heavy atom. The largest absolute Gasteiger partial charge is 0.480 e. The molecule has 0 unspecified atom stereocenters. The Morgan fingerprint density at radius 3 is 2.42 bits per heavy atom. The van der Waals surface area contributed by atoms with Crippen molar-refractivity contribution in [2.45, 2.75) is 53.0 Å². The summed E-state index contributed by atoms with van der Waals surface area (Å²) in [7, 11) is -1.88. The summed E-state index contributed by atoms with van der Waals surface area (Å²) >= 11 is 0. The Kier molecular flexibility index (Phi) is 6.71. The number of rotatable bonds is 8. The summed E-state index contributed by atoms with van der Waals surface area (Å²) in [4.78, 5) is 9.64. The third-order valence-electron chi connectivity index (χ3n) is 5.44. The standard InChI is InChI=1S/C23H31N3O4S/c1-8-17(13-30-31(7,27)28)26-12-16(5)22-20(26)11-15(4)21(25-22)18-9-10-19(14(2)3)24-23(18)29-6/h9-12,14,17H,8,13H2,1-7H3/t17-/m0/s1. The van der Waals surface area contributed by atoms with E-state index >= 15 is 0 Å². The van der Waals surface area contributed by atoms with Crippen LogP contribution in [0, 0.1) is 13.8 Å². The number of pyridine rings is 2. The fourth-order valence-corrected chi connectivity index (χ4v) is 4.11. The molecule has 0 N–H and O–H groups in total. The Bertz CT molecular complexity index is 1200. The highest BCUT2D eigenvalue weighted by Gasteiger charge is 2.20. The van der Waals surface area contributed by atoms with Gasteiger partial charge in [-0.3, -0.25) is 4.18 Å². The zero-order valence-corrected chi connectivity index (χ0v) is 20.1. The van der Waals surface area contributed by atoms with E-state index in [1.807, 2.05) is 39.1 Å². The van der Waals surface area contributed by atoms with Crippen LogP contribution < -0.4 is 4.74 Å². The van der Waals surface area contributed by atoms with Crippen LogP contribution in [0.15, 0.2) is 24.4 Å². The molecule has 3 rings (SSSR count). The van der Waals surface area contributed by atoms with E-state index in [-0.39, 0.29) is 12.6 Å². The SMILES string of the molecule is CC[C@@H](COS(C)(=O)=O)n1cc(C)c2nc(-c3ccc(C(C)C)nc3OC)c(C)cc21. The lowest BCUT2D eigenvalue weighted by Gasteiger charge is -2.18. The molecule has 0 saturated heterocycles. The summed E-state index contributed by atoms with van der Waals surface area (Å²) in [6.07, 6.45) is 3.81. The predicted octanol–water partition coefficient (Wildman–Crippen LogP) is 4.77. The van der Waals surface area contributed by atoms with E-state index in [1.54, 1.807) is 7.11 Å². The fraction of sp³-hybridized carbons (Fsp3) is 0.478. The third-order valence-corrected chi connectivity index (χ3v) is 6.00. The summed E-state index contributed by atoms with van der Waals surface area (Å²) in [5, 5.41) is 0. The first-order valence-electron chi connectivity index (χ1n) is 10.4. The molecule has 0 aliphatic carbocycles. The molecule has 0 spiro atoms. The lowest BCUT2D eigenvalue weighted by Crippen LogP contribution is -2.17. The molecule has 0 amide bonds. The molecule has 0 aromatic carbocycles. The molecule has 1 atom stereocenters. The van der Waals surface area contributed by atoms with Gasteiger partial charge in [0.1, 0.15) is 0 Å². The van der Waals surface area contributed by atoms with E-state index in [9.17, 15) is 8.42 Å². The first-order valence-corrected chi connectivity index (χ1v) is 12.3. The zero-order valence-electron chi connectivity index (χ0n) is 19.3. The van der Waals surface area contributed by atoms with Gasteiger partial charge in [-0.2, -0.15) is 8.42 Å². The van der Waals surface area contributed by atoms with Crippen molar-refractivity contribution in [3.63, 3.8) is 0 Å². The van der Waals surface area contributed by atoms with Gasteiger partial charge in [-0.05, 0) is 55.5 Å². The molecule has 0 saturated carbocycles. The van der Waals surface area contributed by atoms with Gasteiger partial charge in [0.2, 0.25) is 5.88 Å². The normalized spacial score (nSPS) is 13.2. The summed E-state index contributed by atoms with van der Waals surface area (Å²) < 4.78 is 35.7. The van der Waals surface area contributed by atoms with E-state index in [2.05, 4.69) is 29.5 Å². The number of hydrogen-bond donors (Lipinski definition) is 0. The Balaban J connectivity index is 2.11. The number of ether oxygens (including phenoxy) is 1. The summed E-state index contributed by atoms with van der Waals surface area (Å²) in [6.45, 7) is 10.3. The average Bonchev–Trinajstić information content (AvgIpc) is 3.02. The van der Waals surface area contributed by atoms with Crippen molar-refractivity contribution < 1.29 is 17.3 Å². The smallest absolute Gasteiger partial charge is 0.264 e. The second-order valence-electron chi connectivity index (χ2n) is 8.24. The maximum atomic E-state index is 11.5. The minimum atomic E-state index is -3.50. The zero-order chi connectivity index (χ0) is 22.9. The Morgan fingerprint density at radius 1 is 1.13 bits per heavy atom. The number of aromatic nitrogens is 3. The molecule has 0 fully saturated rings. The summed E-state index contributed by atoms with van der Waals surface area (Å²) in [5.41, 5.74) is 6.47. The third kappa shape index (κ3) is 4.91. The van der Waals surface area contributed by atoms with Crippen molar-refractivity contribution in [1.29, 1.82) is 0 Å². The molecule has 0 radical (unpaired) electrons. The van der Waals surface area contributed by atoms with Crippen molar-refractivity contribution in [2.24, 2.45) is 0 Å². The molecular formula is C23H31N3O4S. The minimum Gasteiger partial charge on any atom is -0.480 e. The van der Waals surface area contributed by atoms with Gasteiger partial charge in [-0.25, -0.2) is 9.97 Å². The molecule has 3 aromatic heterocycles. The molecule has 168 valence electrons. The van der Waals surface area contributed by atoms with Crippen LogP contribution in [0.2, 0.25) is 0 Å². The molecular weight excluding hydrogens is 414 g/mol. The summed E-state index contributed by atoms with van der Waals surface area (Å²) in [5.74, 6) is 0.863. The molecule has 0 bridgehead atoms. The molecule has 3 aromatic rings. The van der Waals surface area contributed by atoms with Crippen LogP contribution in [0.1, 0.15) is 56.0 Å². The van der Waals surface area contributed by atoms with Gasteiger partial charge in [0.25, 0.3) is 10.1 Å². The Labute approximate surface area is 184 Å². The second kappa shape index (κ2) is 8.96. The van der Waals surface area contributed by atoms with Crippen LogP contribution in [0.3, 0.4) is 0 Å². The highest BCUT2D eigenvalue weighted by molar-refractivity contribution is 7.85. The molecule has 0 aliphatic rings. The number of nitrogens with zero attached hydrogens (tertiary/aromatic N) is 3. The van der Waals surface area contributed by atoms with Crippen LogP contribution in [0.4, 0.5) is 0 Å². The molecule has 7 nitrogen and oxygen atoms in total. The van der Waals surface area contributed by atoms with Crippen LogP contribution in [-0.4, -0.2) is 42.9 Å². The van der Waals surface area contributed by atoms with E-state index < -0.39 is 10.1 Å². The molecule has 3 heterocycles. The monoisotopic (exact) mass is 445 g/mol. The van der Waals surface area contributed by atoms with Crippen molar-refractivity contribution >= 4 is 21.2 Å². The fourth-order valence-electron chi connectivity index (χ4n) is 3.71. The van der Waals surface area contributed by atoms with Crippen molar-refractivity contribution in [2.75, 3.05) is 20.0 Å². The summed E-state index contributed by atoms with van der Waals surface area (Å²) in [6, 6.07) is 6.01. The number of aryl methyl sites for hydroxylation is 2. The van der Waals surface area contributed by atoms with Crippen molar-refractivity contribution in [3.05, 3.63) is 41.2 Å². The lowest BCUT2D eigenvalue weighted by atomic mass is 10.0. The van der Waals surface area contributed by atoms with E-state index in [1.165, 1.54) is 0 Å². The predicted molar refractivity (Wildman–Crippen MR) is 123 cm³/mol. The minimum absolute atomic E-state index is 0.0910. The van der Waals surface area contributed by atoms with Crippen LogP contribution >= 0.6 is 0 Å². The molecule has 0 aliphatic heterocycles. The average molecular weight is 446 g/mol. The van der Waals surface area contributed by atoms with E-state index in [0.29, 0.717) is 11.8 Å². The quantitative estimate of drug-likeness (QED) is 0.464. The first-order chi connectivity index (χ1) is 14.6. The van der Waals surface area contributed by atoms with Crippen LogP contribution in [0.5, 0.6) is 5.88 Å². The van der Waals surface area contributed by atoms with Crippen LogP contribution in [-0.2, 0) is 14.3 Å². The topological polar surface area (TPSA) is 83.3 Å². The molecule has 31 heavy (non-hydrogen) atoms. The van der Waals surface area contributed by atoms with Crippen molar-refractivity contribution in [3.8, 4) is 17.1 Å². The maximum absolute atomic E-state index is 11.5. The first kappa shape index (κ1) is 23.2. The van der Waals surface area contributed by atoms with Gasteiger partial charge in [-0.15, -0.1) is 0 Å². The van der Waals surface area contributed by atoms with Gasteiger partial charge in [-0.1, -0.05) is 20.8 Å². The molecule has 8 heteroatoms. The van der Waals surface area contributed by atoms with Gasteiger partial charge in [0.15, 0.2) is 0 Å². The van der Waals surface area contributed by atoms with Gasteiger partial charge < -0.3 is 9.30 Å². The van der Waals surface area contributed by atoms with Crippen molar-refractivity contribution in [1.82, 2.24) is 14.5 Å². The number of hydrogen-bond acceptors (Lipinski definition) is 6. The van der Waals surface area contributed by atoms with Gasteiger partial charge in [0.05, 0.1) is 48.3 Å². The maximum Gasteiger partial charge on any atom is 0.264 e.